The average molecular weight is 297 g/mol. The van der Waals surface area contributed by atoms with E-state index >= 15 is 0 Å². The average Bonchev–Trinajstić information content (AvgIpc) is 2.98. The molecule has 0 aromatic rings. The lowest BCUT2D eigenvalue weighted by Crippen LogP contribution is -2.59. The molecule has 1 aliphatic rings. The molecular weight excluding hydrogens is 256 g/mol. The normalized spacial score (nSPS) is 19.3. The van der Waals surface area contributed by atoms with Crippen molar-refractivity contribution in [3.05, 3.63) is 0 Å². The predicted octanol–water partition coefficient (Wildman–Crippen LogP) is 4.98. The Morgan fingerprint density at radius 3 is 2.00 bits per heavy atom. The first-order chi connectivity index (χ1) is 10.2. The summed E-state index contributed by atoms with van der Waals surface area (Å²) in [5.41, 5.74) is 0.446. The Hall–Kier alpha value is -0.0800. The van der Waals surface area contributed by atoms with Crippen molar-refractivity contribution >= 4 is 0 Å². The quantitative estimate of drug-likeness (QED) is 0.511. The van der Waals surface area contributed by atoms with Crippen LogP contribution in [0.15, 0.2) is 0 Å². The Morgan fingerprint density at radius 2 is 1.48 bits per heavy atom. The number of nitrogens with one attached hydrogen (secondary N) is 1. The van der Waals surface area contributed by atoms with Crippen molar-refractivity contribution in [3.8, 4) is 0 Å². The summed E-state index contributed by atoms with van der Waals surface area (Å²) in [6, 6.07) is 0.686. The Labute approximate surface area is 134 Å². The number of hydrogen-bond acceptors (Lipinski definition) is 2. The van der Waals surface area contributed by atoms with Crippen molar-refractivity contribution in [3.63, 3.8) is 0 Å². The van der Waals surface area contributed by atoms with Crippen LogP contribution in [-0.2, 0) is 0 Å². The van der Waals surface area contributed by atoms with Crippen molar-refractivity contribution < 1.29 is 0 Å². The van der Waals surface area contributed by atoms with Gasteiger partial charge in [-0.1, -0.05) is 72.1 Å². The molecule has 1 rings (SSSR count). The van der Waals surface area contributed by atoms with E-state index in [9.17, 15) is 0 Å². The lowest BCUT2D eigenvalue weighted by atomic mass is 9.83. The molecule has 0 radical (unpaired) electrons. The van der Waals surface area contributed by atoms with Gasteiger partial charge in [0.1, 0.15) is 0 Å². The maximum absolute atomic E-state index is 3.69. The lowest BCUT2D eigenvalue weighted by molar-refractivity contribution is 0.0615. The molecule has 1 atom stereocenters. The number of unbranched alkanes of at least 4 members (excludes halogenated alkanes) is 5. The topological polar surface area (TPSA) is 15.3 Å². The second kappa shape index (κ2) is 10.6. The fraction of sp³-hybridized carbons (Fsp3) is 1.00. The lowest BCUT2D eigenvalue weighted by Gasteiger charge is -2.46. The van der Waals surface area contributed by atoms with Crippen LogP contribution in [0, 0.1) is 0 Å². The van der Waals surface area contributed by atoms with Crippen molar-refractivity contribution in [2.24, 2.45) is 0 Å². The second-order valence-electron chi connectivity index (χ2n) is 6.88. The van der Waals surface area contributed by atoms with Gasteiger partial charge in [0.2, 0.25) is 0 Å². The molecule has 21 heavy (non-hydrogen) atoms. The minimum Gasteiger partial charge on any atom is -0.315 e. The molecular formula is C19H40N2. The second-order valence-corrected chi connectivity index (χ2v) is 6.88. The van der Waals surface area contributed by atoms with E-state index in [-0.39, 0.29) is 0 Å². The Bertz CT molecular complexity index is 242. The molecule has 0 aliphatic heterocycles. The summed E-state index contributed by atoms with van der Waals surface area (Å²) in [7, 11) is 2.19. The third-order valence-corrected chi connectivity index (χ3v) is 5.71. The van der Waals surface area contributed by atoms with E-state index in [0.717, 1.165) is 0 Å². The van der Waals surface area contributed by atoms with Crippen molar-refractivity contribution in [2.45, 2.75) is 103 Å². The Morgan fingerprint density at radius 1 is 0.905 bits per heavy atom. The van der Waals surface area contributed by atoms with Crippen LogP contribution in [0.2, 0.25) is 0 Å². The number of rotatable bonds is 12. The maximum Gasteiger partial charge on any atom is 0.0362 e. The smallest absolute Gasteiger partial charge is 0.0362 e. The fourth-order valence-corrected chi connectivity index (χ4v) is 4.54. The largest absolute Gasteiger partial charge is 0.315 e. The predicted molar refractivity (Wildman–Crippen MR) is 95.0 cm³/mol. The SMILES string of the molecule is CCCCCCCCC(NC)C1(N(CC)CC)CCCC1. The van der Waals surface area contributed by atoms with Crippen molar-refractivity contribution in [1.82, 2.24) is 10.2 Å². The van der Waals surface area contributed by atoms with E-state index in [0.29, 0.717) is 11.6 Å². The third kappa shape index (κ3) is 5.25. The molecule has 0 spiro atoms. The van der Waals surface area contributed by atoms with E-state index in [2.05, 4.69) is 38.0 Å². The Balaban J connectivity index is 2.50. The van der Waals surface area contributed by atoms with Crippen molar-refractivity contribution in [2.75, 3.05) is 20.1 Å². The highest BCUT2D eigenvalue weighted by molar-refractivity contribution is 5.02. The minimum atomic E-state index is 0.446. The summed E-state index contributed by atoms with van der Waals surface area (Å²) < 4.78 is 0. The number of hydrogen-bond donors (Lipinski definition) is 1. The van der Waals surface area contributed by atoms with E-state index in [1.807, 2.05) is 0 Å². The molecule has 0 aromatic heterocycles. The van der Waals surface area contributed by atoms with Crippen LogP contribution in [0.1, 0.15) is 91.4 Å². The van der Waals surface area contributed by atoms with E-state index < -0.39 is 0 Å². The first-order valence-electron chi connectivity index (χ1n) is 9.67. The van der Waals surface area contributed by atoms with Gasteiger partial charge in [0.15, 0.2) is 0 Å². The minimum absolute atomic E-state index is 0.446. The van der Waals surface area contributed by atoms with Gasteiger partial charge >= 0.3 is 0 Å². The summed E-state index contributed by atoms with van der Waals surface area (Å²) in [6.07, 6.45) is 15.5. The van der Waals surface area contributed by atoms with Gasteiger partial charge in [-0.2, -0.15) is 0 Å². The molecule has 0 aromatic carbocycles. The molecule has 126 valence electrons. The summed E-state index contributed by atoms with van der Waals surface area (Å²) in [4.78, 5) is 2.75. The summed E-state index contributed by atoms with van der Waals surface area (Å²) >= 11 is 0. The highest BCUT2D eigenvalue weighted by Crippen LogP contribution is 2.39. The molecule has 1 N–H and O–H groups in total. The molecule has 1 aliphatic carbocycles. The van der Waals surface area contributed by atoms with Gasteiger partial charge < -0.3 is 5.32 Å². The van der Waals surface area contributed by atoms with Gasteiger partial charge in [-0.05, 0) is 39.4 Å². The molecule has 0 saturated heterocycles. The summed E-state index contributed by atoms with van der Waals surface area (Å²) in [5.74, 6) is 0. The standard InChI is InChI=1S/C19H40N2/c1-5-8-9-10-11-12-15-18(20-4)19(16-13-14-17-19)21(6-2)7-3/h18,20H,5-17H2,1-4H3. The first-order valence-corrected chi connectivity index (χ1v) is 9.67. The van der Waals surface area contributed by atoms with E-state index in [4.69, 9.17) is 0 Å². The van der Waals surface area contributed by atoms with E-state index in [1.165, 1.54) is 83.7 Å². The Kier molecular flexibility index (Phi) is 9.59. The molecule has 0 bridgehead atoms. The monoisotopic (exact) mass is 296 g/mol. The molecule has 1 saturated carbocycles. The summed E-state index contributed by atoms with van der Waals surface area (Å²) in [6.45, 7) is 9.36. The van der Waals surface area contributed by atoms with Crippen LogP contribution in [-0.4, -0.2) is 36.6 Å². The van der Waals surface area contributed by atoms with Crippen molar-refractivity contribution in [1.29, 1.82) is 0 Å². The zero-order valence-electron chi connectivity index (χ0n) is 15.2. The van der Waals surface area contributed by atoms with Gasteiger partial charge in [-0.25, -0.2) is 0 Å². The molecule has 0 heterocycles. The van der Waals surface area contributed by atoms with Crippen LogP contribution in [0.4, 0.5) is 0 Å². The zero-order valence-corrected chi connectivity index (χ0v) is 15.2. The van der Waals surface area contributed by atoms with Gasteiger partial charge in [0.05, 0.1) is 0 Å². The molecule has 1 fully saturated rings. The van der Waals surface area contributed by atoms with Gasteiger partial charge in [-0.3, -0.25) is 4.90 Å². The molecule has 2 heteroatoms. The van der Waals surface area contributed by atoms with Gasteiger partial charge in [-0.15, -0.1) is 0 Å². The number of likely N-dealkylation sites (N-methyl/N-ethyl adjacent to an activating group) is 2. The highest BCUT2D eigenvalue weighted by Gasteiger charge is 2.43. The van der Waals surface area contributed by atoms with Crippen LogP contribution < -0.4 is 5.32 Å². The van der Waals surface area contributed by atoms with Crippen LogP contribution in [0.25, 0.3) is 0 Å². The molecule has 1 unspecified atom stereocenters. The van der Waals surface area contributed by atoms with Gasteiger partial charge in [0, 0.05) is 11.6 Å². The highest BCUT2D eigenvalue weighted by atomic mass is 15.2. The first kappa shape index (κ1) is 19.0. The zero-order chi connectivity index (χ0) is 15.6. The maximum atomic E-state index is 3.69. The van der Waals surface area contributed by atoms with Crippen LogP contribution in [0.3, 0.4) is 0 Å². The van der Waals surface area contributed by atoms with E-state index in [1.54, 1.807) is 0 Å². The van der Waals surface area contributed by atoms with Gasteiger partial charge in [0.25, 0.3) is 0 Å². The summed E-state index contributed by atoms with van der Waals surface area (Å²) in [5, 5.41) is 3.69. The molecule has 0 amide bonds. The van der Waals surface area contributed by atoms with Crippen LogP contribution in [0.5, 0.6) is 0 Å². The third-order valence-electron chi connectivity index (χ3n) is 5.71. The number of nitrogens with zero attached hydrogens (tertiary/aromatic N) is 1. The molecule has 2 nitrogen and oxygen atoms in total. The van der Waals surface area contributed by atoms with Crippen LogP contribution >= 0.6 is 0 Å². The fourth-order valence-electron chi connectivity index (χ4n) is 4.54.